The smallest absolute Gasteiger partial charge is 0.137 e. The molecule has 1 unspecified atom stereocenters. The van der Waals surface area contributed by atoms with Gasteiger partial charge in [0.2, 0.25) is 0 Å². The Kier molecular flexibility index (Phi) is 7.42. The minimum Gasteiger partial charge on any atom is -0.377 e. The number of fused-ring (bicyclic) bond motifs is 1. The van der Waals surface area contributed by atoms with Gasteiger partial charge in [-0.25, -0.2) is 15.2 Å². The number of hydrogen-bond acceptors (Lipinski definition) is 8. The van der Waals surface area contributed by atoms with Crippen LogP contribution in [0.2, 0.25) is 0 Å². The highest BCUT2D eigenvalue weighted by atomic mass is 19.1. The van der Waals surface area contributed by atoms with E-state index in [1.807, 2.05) is 4.90 Å². The second kappa shape index (κ2) is 10.2. The topological polar surface area (TPSA) is 120 Å². The summed E-state index contributed by atoms with van der Waals surface area (Å²) in [6.45, 7) is 5.10. The number of halogens is 1. The van der Waals surface area contributed by atoms with Crippen LogP contribution in [0.15, 0.2) is 67.9 Å². The van der Waals surface area contributed by atoms with Gasteiger partial charge in [-0.2, -0.15) is 10.0 Å². The van der Waals surface area contributed by atoms with Gasteiger partial charge in [0.15, 0.2) is 0 Å². The first-order valence-corrected chi connectivity index (χ1v) is 9.82. The quantitative estimate of drug-likeness (QED) is 0.143. The number of methoxy groups -OCH3 is 1. The summed E-state index contributed by atoms with van der Waals surface area (Å²) in [6, 6.07) is -0.403. The number of hydrazine groups is 1. The van der Waals surface area contributed by atoms with Gasteiger partial charge in [-0.1, -0.05) is 17.8 Å². The molecule has 1 saturated heterocycles. The van der Waals surface area contributed by atoms with E-state index in [-0.39, 0.29) is 17.8 Å². The SMILES string of the molecule is C=C/C(=C\N(C)N)C1=C(F)C=C2NN=C(C/N=C\N=C\N3C[C@@H](N=O)[C@H](OC)C3)C2C1. The minimum absolute atomic E-state index is 0.0949. The Labute approximate surface area is 180 Å². The average Bonchev–Trinajstić information content (AvgIpc) is 3.34. The lowest BCUT2D eigenvalue weighted by Crippen LogP contribution is -2.23. The molecule has 0 aromatic carbocycles. The minimum atomic E-state index is -0.403. The molecule has 166 valence electrons. The summed E-state index contributed by atoms with van der Waals surface area (Å²) in [5.41, 5.74) is 5.53. The molecular weight excluding hydrogens is 403 g/mol. The van der Waals surface area contributed by atoms with E-state index in [1.165, 1.54) is 17.4 Å². The Bertz CT molecular complexity index is 890. The Hall–Kier alpha value is -3.18. The molecule has 3 rings (SSSR count). The molecule has 0 aromatic rings. The monoisotopic (exact) mass is 430 g/mol. The maximum Gasteiger partial charge on any atom is 0.137 e. The molecule has 0 bridgehead atoms. The predicted octanol–water partition coefficient (Wildman–Crippen LogP) is 1.47. The molecule has 3 atom stereocenters. The fourth-order valence-corrected chi connectivity index (χ4v) is 3.75. The summed E-state index contributed by atoms with van der Waals surface area (Å²) < 4.78 is 19.8. The van der Waals surface area contributed by atoms with E-state index in [0.717, 1.165) is 5.71 Å². The van der Waals surface area contributed by atoms with Crippen LogP contribution in [0.5, 0.6) is 0 Å². The summed E-state index contributed by atoms with van der Waals surface area (Å²) in [6.07, 6.45) is 7.92. The molecule has 0 radical (unpaired) electrons. The number of nitrogens with zero attached hydrogens (tertiary/aromatic N) is 6. The zero-order valence-electron chi connectivity index (χ0n) is 17.6. The summed E-state index contributed by atoms with van der Waals surface area (Å²) in [5, 5.41) is 8.74. The van der Waals surface area contributed by atoms with Gasteiger partial charge >= 0.3 is 0 Å². The van der Waals surface area contributed by atoms with E-state index in [1.54, 1.807) is 32.8 Å². The van der Waals surface area contributed by atoms with Gasteiger partial charge in [0.25, 0.3) is 0 Å². The van der Waals surface area contributed by atoms with Crippen LogP contribution in [-0.4, -0.2) is 74.2 Å². The van der Waals surface area contributed by atoms with E-state index in [2.05, 4.69) is 32.3 Å². The molecule has 11 heteroatoms. The van der Waals surface area contributed by atoms with Gasteiger partial charge in [-0.3, -0.25) is 10.4 Å². The first kappa shape index (κ1) is 22.5. The lowest BCUT2D eigenvalue weighted by molar-refractivity contribution is 0.103. The van der Waals surface area contributed by atoms with E-state index in [0.29, 0.717) is 42.9 Å². The molecule has 10 nitrogen and oxygen atoms in total. The third kappa shape index (κ3) is 5.30. The molecule has 0 aromatic heterocycles. The lowest BCUT2D eigenvalue weighted by atomic mass is 9.85. The molecule has 3 aliphatic rings. The number of rotatable bonds is 9. The molecule has 0 spiro atoms. The van der Waals surface area contributed by atoms with Crippen LogP contribution in [0.1, 0.15) is 6.42 Å². The van der Waals surface area contributed by atoms with Gasteiger partial charge < -0.3 is 14.6 Å². The molecule has 3 N–H and O–H groups in total. The molecular formula is C20H27FN8O2. The van der Waals surface area contributed by atoms with Gasteiger partial charge in [-0.15, -0.1) is 0 Å². The third-order valence-corrected chi connectivity index (χ3v) is 5.33. The van der Waals surface area contributed by atoms with Crippen LogP contribution in [0, 0.1) is 10.8 Å². The van der Waals surface area contributed by atoms with Crippen molar-refractivity contribution in [2.45, 2.75) is 18.6 Å². The molecule has 1 aliphatic carbocycles. The summed E-state index contributed by atoms with van der Waals surface area (Å²) in [7, 11) is 3.22. The number of likely N-dealkylation sites (tertiary alicyclic amines) is 1. The highest BCUT2D eigenvalue weighted by Gasteiger charge is 2.33. The first-order chi connectivity index (χ1) is 15.0. The van der Waals surface area contributed by atoms with Crippen LogP contribution in [0.4, 0.5) is 4.39 Å². The Balaban J connectivity index is 1.58. The van der Waals surface area contributed by atoms with Crippen molar-refractivity contribution in [3.63, 3.8) is 0 Å². The summed E-state index contributed by atoms with van der Waals surface area (Å²) in [4.78, 5) is 21.2. The van der Waals surface area contributed by atoms with Crippen molar-refractivity contribution >= 4 is 18.4 Å². The number of ether oxygens (including phenoxy) is 1. The van der Waals surface area contributed by atoms with Crippen molar-refractivity contribution in [3.05, 3.63) is 52.5 Å². The Morgan fingerprint density at radius 2 is 2.35 bits per heavy atom. The van der Waals surface area contributed by atoms with Gasteiger partial charge in [0.05, 0.1) is 18.6 Å². The van der Waals surface area contributed by atoms with Crippen molar-refractivity contribution in [1.29, 1.82) is 0 Å². The van der Waals surface area contributed by atoms with Crippen molar-refractivity contribution in [3.8, 4) is 0 Å². The normalized spacial score (nSPS) is 26.3. The van der Waals surface area contributed by atoms with Crippen LogP contribution in [0.25, 0.3) is 0 Å². The number of nitroso groups, excluding NO2 is 1. The van der Waals surface area contributed by atoms with Crippen molar-refractivity contribution in [2.75, 3.05) is 33.8 Å². The zero-order valence-corrected chi connectivity index (χ0v) is 17.6. The molecule has 2 aliphatic heterocycles. The molecule has 31 heavy (non-hydrogen) atoms. The zero-order chi connectivity index (χ0) is 22.4. The van der Waals surface area contributed by atoms with Crippen LogP contribution < -0.4 is 11.3 Å². The number of hydrazone groups is 1. The van der Waals surface area contributed by atoms with E-state index in [4.69, 9.17) is 10.6 Å². The van der Waals surface area contributed by atoms with Gasteiger partial charge in [0.1, 0.15) is 24.3 Å². The number of allylic oxidation sites excluding steroid dienone is 6. The number of nitrogens with two attached hydrogens (primary N) is 1. The second-order valence-electron chi connectivity index (χ2n) is 7.47. The van der Waals surface area contributed by atoms with E-state index in [9.17, 15) is 9.30 Å². The van der Waals surface area contributed by atoms with E-state index < -0.39 is 6.04 Å². The highest BCUT2D eigenvalue weighted by molar-refractivity contribution is 5.94. The fraction of sp³-hybridized carbons (Fsp3) is 0.450. The van der Waals surface area contributed by atoms with Crippen molar-refractivity contribution in [1.82, 2.24) is 15.3 Å². The number of aliphatic imine (C=N–C) groups is 2. The number of hydrogen-bond donors (Lipinski definition) is 2. The molecule has 2 heterocycles. The summed E-state index contributed by atoms with van der Waals surface area (Å²) in [5.74, 6) is 5.25. The number of nitrogens with one attached hydrogen (secondary N) is 1. The highest BCUT2D eigenvalue weighted by Crippen LogP contribution is 2.36. The molecule has 0 saturated carbocycles. The third-order valence-electron chi connectivity index (χ3n) is 5.33. The molecule has 0 amide bonds. The first-order valence-electron chi connectivity index (χ1n) is 9.82. The van der Waals surface area contributed by atoms with E-state index >= 15 is 0 Å². The summed E-state index contributed by atoms with van der Waals surface area (Å²) >= 11 is 0. The molecule has 1 fully saturated rings. The maximum atomic E-state index is 14.6. The predicted molar refractivity (Wildman–Crippen MR) is 119 cm³/mol. The largest absolute Gasteiger partial charge is 0.377 e. The standard InChI is InChI=1S/C20H27FN8O2/c1-4-13(8-28(2)22)14-5-15-17(6-16(14)21)25-26-18(15)7-23-11-24-12-29-9-19(27-30)20(10-29)31-3/h4,6,8,11-12,15,19-20,25H,1,5,7,9-10,22H2,2-3H3/b13-8+,23-11-,24-12+/t15?,19-,20-/m1/s1. The van der Waals surface area contributed by atoms with Crippen LogP contribution in [0.3, 0.4) is 0 Å². The van der Waals surface area contributed by atoms with Crippen LogP contribution >= 0.6 is 0 Å². The van der Waals surface area contributed by atoms with Gasteiger partial charge in [-0.05, 0) is 23.6 Å². The Morgan fingerprint density at radius 3 is 3.00 bits per heavy atom. The second-order valence-corrected chi connectivity index (χ2v) is 7.47. The van der Waals surface area contributed by atoms with Gasteiger partial charge in [0, 0.05) is 45.1 Å². The lowest BCUT2D eigenvalue weighted by Gasteiger charge is -2.22. The fourth-order valence-electron chi connectivity index (χ4n) is 3.75. The Morgan fingerprint density at radius 1 is 1.55 bits per heavy atom. The van der Waals surface area contributed by atoms with Crippen molar-refractivity contribution < 1.29 is 9.13 Å². The average molecular weight is 430 g/mol. The van der Waals surface area contributed by atoms with Crippen molar-refractivity contribution in [2.24, 2.45) is 32.0 Å². The maximum absolute atomic E-state index is 14.6. The van der Waals surface area contributed by atoms with Crippen LogP contribution in [-0.2, 0) is 4.74 Å².